The van der Waals surface area contributed by atoms with Crippen molar-refractivity contribution in [2.24, 2.45) is 11.8 Å². The molecule has 1 amide bonds. The average molecular weight is 512 g/mol. The molecule has 6 rings (SSSR count). The Bertz CT molecular complexity index is 1320. The van der Waals surface area contributed by atoms with Gasteiger partial charge in [0.15, 0.2) is 0 Å². The molecule has 1 aromatic carbocycles. The maximum Gasteiger partial charge on any atom is 0.225 e. The molecule has 0 N–H and O–H groups in total. The number of nitriles is 1. The maximum atomic E-state index is 12.8. The van der Waals surface area contributed by atoms with Crippen LogP contribution in [0.2, 0.25) is 0 Å². The van der Waals surface area contributed by atoms with E-state index in [9.17, 15) is 4.79 Å². The van der Waals surface area contributed by atoms with E-state index in [1.807, 2.05) is 15.6 Å². The summed E-state index contributed by atoms with van der Waals surface area (Å²) in [5.74, 6) is 0.338. The molecule has 0 radical (unpaired) electrons. The predicted molar refractivity (Wildman–Crippen MR) is 150 cm³/mol. The van der Waals surface area contributed by atoms with Crippen LogP contribution in [0.5, 0.6) is 0 Å². The third-order valence-corrected chi connectivity index (χ3v) is 8.70. The number of fused-ring (bicyclic) bond motifs is 1. The Labute approximate surface area is 225 Å². The van der Waals surface area contributed by atoms with Gasteiger partial charge in [-0.25, -0.2) is 4.52 Å². The monoisotopic (exact) mass is 511 g/mol. The van der Waals surface area contributed by atoms with Crippen molar-refractivity contribution in [3.63, 3.8) is 0 Å². The fourth-order valence-electron chi connectivity index (χ4n) is 6.14. The number of piperazine rings is 2. The highest BCUT2D eigenvalue weighted by atomic mass is 16.2. The summed E-state index contributed by atoms with van der Waals surface area (Å²) in [7, 11) is 0. The van der Waals surface area contributed by atoms with Gasteiger partial charge in [0.1, 0.15) is 0 Å². The molecule has 0 bridgehead atoms. The fraction of sp³-hybridized carbons (Fsp3) is 0.500. The standard InChI is InChI=1S/C30H37N7O/c1-22(2)33-9-11-34(12-10-33)27-5-3-24(4-6-27)26-19-29-28(7-8-32-37(29)21-26)35-13-15-36(16-14-35)30(38)25-17-23(18-25)20-31/h3-8,19,21-23,25H,9-18H2,1-2H3. The van der Waals surface area contributed by atoms with Gasteiger partial charge in [0, 0.05) is 93.9 Å². The number of benzene rings is 1. The summed E-state index contributed by atoms with van der Waals surface area (Å²) in [6, 6.07) is 16.1. The van der Waals surface area contributed by atoms with Crippen LogP contribution in [0.1, 0.15) is 26.7 Å². The Balaban J connectivity index is 1.12. The second kappa shape index (κ2) is 10.3. The molecular weight excluding hydrogens is 474 g/mol. The van der Waals surface area contributed by atoms with Crippen molar-refractivity contribution in [1.29, 1.82) is 5.26 Å². The maximum absolute atomic E-state index is 12.8. The van der Waals surface area contributed by atoms with Crippen molar-refractivity contribution in [1.82, 2.24) is 19.4 Å². The summed E-state index contributed by atoms with van der Waals surface area (Å²) in [6.07, 6.45) is 5.42. The van der Waals surface area contributed by atoms with Gasteiger partial charge in [-0.2, -0.15) is 10.4 Å². The highest BCUT2D eigenvalue weighted by Gasteiger charge is 2.37. The molecule has 2 aliphatic heterocycles. The lowest BCUT2D eigenvalue weighted by molar-refractivity contribution is -0.139. The number of anilines is 2. The van der Waals surface area contributed by atoms with Gasteiger partial charge in [0.05, 0.1) is 17.3 Å². The predicted octanol–water partition coefficient (Wildman–Crippen LogP) is 3.73. The third-order valence-electron chi connectivity index (χ3n) is 8.70. The zero-order valence-corrected chi connectivity index (χ0v) is 22.5. The fourth-order valence-corrected chi connectivity index (χ4v) is 6.14. The van der Waals surface area contributed by atoms with Gasteiger partial charge < -0.3 is 14.7 Å². The molecule has 198 valence electrons. The highest BCUT2D eigenvalue weighted by Crippen LogP contribution is 2.35. The van der Waals surface area contributed by atoms with E-state index in [-0.39, 0.29) is 17.7 Å². The van der Waals surface area contributed by atoms with Gasteiger partial charge in [-0.05, 0) is 56.5 Å². The molecule has 2 saturated heterocycles. The van der Waals surface area contributed by atoms with E-state index in [4.69, 9.17) is 5.26 Å². The molecule has 4 heterocycles. The first kappa shape index (κ1) is 24.7. The van der Waals surface area contributed by atoms with E-state index in [0.29, 0.717) is 6.04 Å². The minimum Gasteiger partial charge on any atom is -0.369 e. The van der Waals surface area contributed by atoms with E-state index in [0.717, 1.165) is 82.0 Å². The van der Waals surface area contributed by atoms with E-state index < -0.39 is 0 Å². The van der Waals surface area contributed by atoms with Crippen LogP contribution in [0.4, 0.5) is 11.4 Å². The SMILES string of the molecule is CC(C)N1CCN(c2ccc(-c3cc4c(N5CCN(C(=O)C6CC(C#N)C6)CC5)ccnn4c3)cc2)CC1. The largest absolute Gasteiger partial charge is 0.369 e. The molecule has 0 unspecified atom stereocenters. The molecule has 0 atom stereocenters. The Morgan fingerprint density at radius 1 is 0.921 bits per heavy atom. The highest BCUT2D eigenvalue weighted by molar-refractivity contribution is 5.82. The molecule has 2 aromatic heterocycles. The Morgan fingerprint density at radius 2 is 1.61 bits per heavy atom. The quantitative estimate of drug-likeness (QED) is 0.520. The van der Waals surface area contributed by atoms with Crippen LogP contribution in [-0.4, -0.2) is 83.7 Å². The minimum absolute atomic E-state index is 0.0445. The zero-order valence-electron chi connectivity index (χ0n) is 22.5. The molecule has 1 saturated carbocycles. The minimum atomic E-state index is 0.0445. The summed E-state index contributed by atoms with van der Waals surface area (Å²) >= 11 is 0. The summed E-state index contributed by atoms with van der Waals surface area (Å²) in [6.45, 7) is 12.0. The molecule has 0 spiro atoms. The van der Waals surface area contributed by atoms with Crippen LogP contribution in [-0.2, 0) is 4.79 Å². The van der Waals surface area contributed by atoms with Crippen LogP contribution in [0.25, 0.3) is 16.6 Å². The van der Waals surface area contributed by atoms with Gasteiger partial charge in [-0.3, -0.25) is 9.69 Å². The van der Waals surface area contributed by atoms with Crippen LogP contribution in [0, 0.1) is 23.2 Å². The van der Waals surface area contributed by atoms with Crippen LogP contribution >= 0.6 is 0 Å². The topological polar surface area (TPSA) is 71.1 Å². The first-order chi connectivity index (χ1) is 18.5. The molecule has 8 nitrogen and oxygen atoms in total. The number of aromatic nitrogens is 2. The molecule has 1 aliphatic carbocycles. The number of carbonyl (C=O) groups excluding carboxylic acids is 1. The van der Waals surface area contributed by atoms with Gasteiger partial charge in [-0.1, -0.05) is 12.1 Å². The van der Waals surface area contributed by atoms with Gasteiger partial charge in [0.2, 0.25) is 5.91 Å². The van der Waals surface area contributed by atoms with Crippen molar-refractivity contribution < 1.29 is 4.79 Å². The van der Waals surface area contributed by atoms with Crippen LogP contribution in [0.3, 0.4) is 0 Å². The lowest BCUT2D eigenvalue weighted by Crippen LogP contribution is -2.52. The molecule has 3 aliphatic rings. The molecule has 3 fully saturated rings. The van der Waals surface area contributed by atoms with Gasteiger partial charge in [-0.15, -0.1) is 0 Å². The second-order valence-electron chi connectivity index (χ2n) is 11.2. The number of hydrogen-bond donors (Lipinski definition) is 0. The summed E-state index contributed by atoms with van der Waals surface area (Å²) < 4.78 is 1.97. The summed E-state index contributed by atoms with van der Waals surface area (Å²) in [5, 5.41) is 13.6. The molecule has 38 heavy (non-hydrogen) atoms. The zero-order chi connectivity index (χ0) is 26.2. The van der Waals surface area contributed by atoms with Crippen molar-refractivity contribution in [2.45, 2.75) is 32.7 Å². The van der Waals surface area contributed by atoms with Crippen LogP contribution in [0.15, 0.2) is 48.8 Å². The van der Waals surface area contributed by atoms with Gasteiger partial charge in [0.25, 0.3) is 0 Å². The van der Waals surface area contributed by atoms with E-state index in [1.54, 1.807) is 0 Å². The Hall–Kier alpha value is -3.57. The number of carbonyl (C=O) groups is 1. The average Bonchev–Trinajstić information content (AvgIpc) is 3.37. The van der Waals surface area contributed by atoms with Crippen molar-refractivity contribution in [2.75, 3.05) is 62.2 Å². The Morgan fingerprint density at radius 3 is 2.26 bits per heavy atom. The molecule has 8 heteroatoms. The smallest absolute Gasteiger partial charge is 0.225 e. The van der Waals surface area contributed by atoms with E-state index in [2.05, 4.69) is 82.3 Å². The lowest BCUT2D eigenvalue weighted by Gasteiger charge is -2.40. The normalized spacial score (nSPS) is 22.5. The van der Waals surface area contributed by atoms with Crippen molar-refractivity contribution in [3.8, 4) is 17.2 Å². The van der Waals surface area contributed by atoms with Gasteiger partial charge >= 0.3 is 0 Å². The number of amides is 1. The van der Waals surface area contributed by atoms with E-state index >= 15 is 0 Å². The van der Waals surface area contributed by atoms with Crippen molar-refractivity contribution in [3.05, 3.63) is 48.8 Å². The first-order valence-corrected chi connectivity index (χ1v) is 14.0. The molecule has 3 aromatic rings. The summed E-state index contributed by atoms with van der Waals surface area (Å²) in [4.78, 5) is 22.2. The summed E-state index contributed by atoms with van der Waals surface area (Å²) in [5.41, 5.74) is 5.89. The van der Waals surface area contributed by atoms with Crippen molar-refractivity contribution >= 4 is 22.8 Å². The number of hydrogen-bond acceptors (Lipinski definition) is 6. The lowest BCUT2D eigenvalue weighted by atomic mass is 9.75. The second-order valence-corrected chi connectivity index (χ2v) is 11.2. The van der Waals surface area contributed by atoms with Crippen LogP contribution < -0.4 is 9.80 Å². The third kappa shape index (κ3) is 4.71. The number of nitrogens with zero attached hydrogens (tertiary/aromatic N) is 7. The Kier molecular flexibility index (Phi) is 6.71. The molecular formula is C30H37N7O. The van der Waals surface area contributed by atoms with E-state index in [1.165, 1.54) is 11.3 Å². The first-order valence-electron chi connectivity index (χ1n) is 14.0. The number of rotatable bonds is 5.